The van der Waals surface area contributed by atoms with E-state index >= 15 is 0 Å². The van der Waals surface area contributed by atoms with Gasteiger partial charge in [0.1, 0.15) is 11.6 Å². The molecule has 1 amide bonds. The molecule has 0 aliphatic carbocycles. The lowest BCUT2D eigenvalue weighted by molar-refractivity contribution is 0.0943. The van der Waals surface area contributed by atoms with Gasteiger partial charge in [-0.05, 0) is 43.7 Å². The van der Waals surface area contributed by atoms with Gasteiger partial charge in [-0.25, -0.2) is 9.37 Å². The monoisotopic (exact) mass is 383 g/mol. The lowest BCUT2D eigenvalue weighted by Crippen LogP contribution is -2.47. The molecule has 1 N–H and O–H groups in total. The predicted molar refractivity (Wildman–Crippen MR) is 108 cm³/mol. The van der Waals surface area contributed by atoms with Crippen LogP contribution in [-0.4, -0.2) is 61.7 Å². The topological polar surface area (TPSA) is 51.7 Å². The number of anilines is 2. The minimum atomic E-state index is -0.453. The molecule has 3 heterocycles. The van der Waals surface area contributed by atoms with E-state index in [1.54, 1.807) is 6.07 Å². The molecule has 1 saturated heterocycles. The smallest absolute Gasteiger partial charge is 0.257 e. The van der Waals surface area contributed by atoms with Crippen LogP contribution in [0.15, 0.2) is 42.6 Å². The van der Waals surface area contributed by atoms with Gasteiger partial charge in [0.2, 0.25) is 0 Å². The Morgan fingerprint density at radius 3 is 2.61 bits per heavy atom. The second-order valence-corrected chi connectivity index (χ2v) is 7.29. The summed E-state index contributed by atoms with van der Waals surface area (Å²) in [5.41, 5.74) is 0.868. The lowest BCUT2D eigenvalue weighted by Gasteiger charge is -2.35. The van der Waals surface area contributed by atoms with Gasteiger partial charge < -0.3 is 15.1 Å². The molecule has 0 saturated carbocycles. The fraction of sp³-hybridized carbons (Fsp3) is 0.429. The molecule has 1 aromatic carbocycles. The molecule has 0 atom stereocenters. The van der Waals surface area contributed by atoms with E-state index in [9.17, 15) is 9.18 Å². The molecular formula is C21H26FN5O. The van der Waals surface area contributed by atoms with Crippen molar-refractivity contribution in [2.24, 2.45) is 0 Å². The van der Waals surface area contributed by atoms with Crippen molar-refractivity contribution in [1.82, 2.24) is 15.2 Å². The van der Waals surface area contributed by atoms with Gasteiger partial charge in [0.25, 0.3) is 5.91 Å². The van der Waals surface area contributed by atoms with Crippen molar-refractivity contribution in [3.05, 3.63) is 54.0 Å². The van der Waals surface area contributed by atoms with Crippen molar-refractivity contribution in [2.75, 3.05) is 55.7 Å². The zero-order chi connectivity index (χ0) is 19.3. The van der Waals surface area contributed by atoms with Crippen molar-refractivity contribution in [3.8, 4) is 0 Å². The number of nitrogens with one attached hydrogen (secondary N) is 1. The van der Waals surface area contributed by atoms with Gasteiger partial charge >= 0.3 is 0 Å². The molecule has 7 heteroatoms. The Balaban J connectivity index is 1.22. The second-order valence-electron chi connectivity index (χ2n) is 7.29. The van der Waals surface area contributed by atoms with E-state index in [0.29, 0.717) is 12.4 Å². The van der Waals surface area contributed by atoms with Crippen LogP contribution in [0, 0.1) is 5.82 Å². The van der Waals surface area contributed by atoms with Crippen LogP contribution in [0.1, 0.15) is 23.2 Å². The first-order chi connectivity index (χ1) is 13.7. The molecule has 0 radical (unpaired) electrons. The van der Waals surface area contributed by atoms with Gasteiger partial charge in [-0.3, -0.25) is 9.69 Å². The molecule has 28 heavy (non-hydrogen) atoms. The minimum absolute atomic E-state index is 0.166. The van der Waals surface area contributed by atoms with Crippen molar-refractivity contribution >= 4 is 17.4 Å². The Morgan fingerprint density at radius 2 is 1.82 bits per heavy atom. The molecule has 4 rings (SSSR count). The maximum absolute atomic E-state index is 14.0. The first kappa shape index (κ1) is 18.7. The second kappa shape index (κ2) is 8.56. The number of fused-ring (bicyclic) bond motifs is 1. The summed E-state index contributed by atoms with van der Waals surface area (Å²) in [5, 5.41) is 2.76. The zero-order valence-electron chi connectivity index (χ0n) is 16.0. The Kier molecular flexibility index (Phi) is 5.71. The van der Waals surface area contributed by atoms with E-state index in [0.717, 1.165) is 57.9 Å². The number of unbranched alkanes of at least 4 members (excludes halogenated alkanes) is 1. The van der Waals surface area contributed by atoms with Crippen LogP contribution in [0.25, 0.3) is 0 Å². The molecule has 2 aromatic rings. The van der Waals surface area contributed by atoms with Crippen LogP contribution in [0.5, 0.6) is 0 Å². The van der Waals surface area contributed by atoms with E-state index in [1.807, 2.05) is 24.4 Å². The summed E-state index contributed by atoms with van der Waals surface area (Å²) in [6, 6.07) is 10.9. The molecule has 0 unspecified atom stereocenters. The number of halogens is 1. The van der Waals surface area contributed by atoms with E-state index in [2.05, 4.69) is 31.1 Å². The van der Waals surface area contributed by atoms with E-state index in [4.69, 9.17) is 0 Å². The molecule has 2 aliphatic rings. The molecule has 148 valence electrons. The van der Waals surface area contributed by atoms with Crippen molar-refractivity contribution in [3.63, 3.8) is 0 Å². The van der Waals surface area contributed by atoms with Crippen LogP contribution in [0.2, 0.25) is 0 Å². The SMILES string of the molecule is O=C1NCN(CCCCN2CCN(c3ccccn3)CC2)c2cccc(F)c21. The number of benzene rings is 1. The van der Waals surface area contributed by atoms with Crippen LogP contribution in [0.4, 0.5) is 15.9 Å². The highest BCUT2D eigenvalue weighted by Crippen LogP contribution is 2.26. The molecular weight excluding hydrogens is 357 g/mol. The number of pyridine rings is 1. The molecule has 1 aromatic heterocycles. The number of rotatable bonds is 6. The number of carbonyl (C=O) groups excluding carboxylic acids is 1. The van der Waals surface area contributed by atoms with Crippen LogP contribution in [0.3, 0.4) is 0 Å². The van der Waals surface area contributed by atoms with Gasteiger partial charge in [0, 0.05) is 38.9 Å². The highest BCUT2D eigenvalue weighted by Gasteiger charge is 2.25. The van der Waals surface area contributed by atoms with Gasteiger partial charge in [-0.15, -0.1) is 0 Å². The average Bonchev–Trinajstić information content (AvgIpc) is 2.74. The minimum Gasteiger partial charge on any atom is -0.354 e. The molecule has 2 aliphatic heterocycles. The quantitative estimate of drug-likeness (QED) is 0.776. The summed E-state index contributed by atoms with van der Waals surface area (Å²) in [6.07, 6.45) is 3.93. The number of nitrogens with zero attached hydrogens (tertiary/aromatic N) is 4. The van der Waals surface area contributed by atoms with Crippen molar-refractivity contribution < 1.29 is 9.18 Å². The van der Waals surface area contributed by atoms with Gasteiger partial charge in [0.05, 0.1) is 17.9 Å². The summed E-state index contributed by atoms with van der Waals surface area (Å²) >= 11 is 0. The van der Waals surface area contributed by atoms with Crippen LogP contribution in [-0.2, 0) is 0 Å². The number of aromatic nitrogens is 1. The van der Waals surface area contributed by atoms with E-state index < -0.39 is 5.82 Å². The van der Waals surface area contributed by atoms with Crippen molar-refractivity contribution in [1.29, 1.82) is 0 Å². The number of piperazine rings is 1. The summed E-state index contributed by atoms with van der Waals surface area (Å²) in [4.78, 5) is 23.2. The highest BCUT2D eigenvalue weighted by atomic mass is 19.1. The summed E-state index contributed by atoms with van der Waals surface area (Å²) in [7, 11) is 0. The summed E-state index contributed by atoms with van der Waals surface area (Å²) in [6.45, 7) is 6.41. The third-order valence-electron chi connectivity index (χ3n) is 5.49. The fourth-order valence-corrected chi connectivity index (χ4v) is 3.92. The standard InChI is InChI=1S/C21H26FN5O/c22-17-6-5-7-18-20(17)21(28)24-16-27(18)11-4-3-10-25-12-14-26(15-13-25)19-8-1-2-9-23-19/h1-2,5-9H,3-4,10-16H2,(H,24,28). The Hall–Kier alpha value is -2.67. The van der Waals surface area contributed by atoms with E-state index in [1.165, 1.54) is 6.07 Å². The Bertz CT molecular complexity index is 808. The van der Waals surface area contributed by atoms with Crippen molar-refractivity contribution in [2.45, 2.75) is 12.8 Å². The van der Waals surface area contributed by atoms with Crippen LogP contribution >= 0.6 is 0 Å². The normalized spacial score (nSPS) is 17.4. The lowest BCUT2D eigenvalue weighted by atomic mass is 10.1. The Labute approximate surface area is 165 Å². The zero-order valence-corrected chi connectivity index (χ0v) is 16.0. The van der Waals surface area contributed by atoms with E-state index in [-0.39, 0.29) is 11.5 Å². The number of amides is 1. The first-order valence-electron chi connectivity index (χ1n) is 9.92. The predicted octanol–water partition coefficient (Wildman–Crippen LogP) is 2.33. The maximum atomic E-state index is 14.0. The number of hydrogen-bond donors (Lipinski definition) is 1. The average molecular weight is 383 g/mol. The Morgan fingerprint density at radius 1 is 1.00 bits per heavy atom. The summed E-state index contributed by atoms with van der Waals surface area (Å²) in [5.74, 6) is 0.279. The fourth-order valence-electron chi connectivity index (χ4n) is 3.92. The maximum Gasteiger partial charge on any atom is 0.257 e. The molecule has 0 bridgehead atoms. The van der Waals surface area contributed by atoms with Crippen LogP contribution < -0.4 is 15.1 Å². The molecule has 0 spiro atoms. The number of hydrogen-bond acceptors (Lipinski definition) is 5. The third kappa shape index (κ3) is 4.09. The number of carbonyl (C=O) groups is 1. The largest absolute Gasteiger partial charge is 0.354 e. The third-order valence-corrected chi connectivity index (χ3v) is 5.49. The first-order valence-corrected chi connectivity index (χ1v) is 9.92. The van der Waals surface area contributed by atoms with Gasteiger partial charge in [0.15, 0.2) is 0 Å². The molecule has 6 nitrogen and oxygen atoms in total. The van der Waals surface area contributed by atoms with Gasteiger partial charge in [-0.2, -0.15) is 0 Å². The highest BCUT2D eigenvalue weighted by molar-refractivity contribution is 6.01. The van der Waals surface area contributed by atoms with Gasteiger partial charge in [-0.1, -0.05) is 12.1 Å². The summed E-state index contributed by atoms with van der Waals surface area (Å²) < 4.78 is 14.0. The molecule has 1 fully saturated rings.